The fourth-order valence-corrected chi connectivity index (χ4v) is 6.73. The number of ether oxygens (including phenoxy) is 2. The molecule has 3 N–H and O–H groups in total. The van der Waals surface area contributed by atoms with Crippen molar-refractivity contribution in [2.75, 3.05) is 19.7 Å². The Kier molecular flexibility index (Phi) is 4.28. The summed E-state index contributed by atoms with van der Waals surface area (Å²) in [6.07, 6.45) is 8.75. The summed E-state index contributed by atoms with van der Waals surface area (Å²) in [5.41, 5.74) is 0.342. The Morgan fingerprint density at radius 2 is 2.07 bits per heavy atom. The zero-order valence-corrected chi connectivity index (χ0v) is 16.4. The zero-order valence-electron chi connectivity index (χ0n) is 16.4. The van der Waals surface area contributed by atoms with E-state index in [9.17, 15) is 9.59 Å². The predicted molar refractivity (Wildman–Crippen MR) is 97.7 cm³/mol. The second-order valence-corrected chi connectivity index (χ2v) is 9.96. The molecule has 3 aliphatic heterocycles. The molecule has 3 saturated heterocycles. The van der Waals surface area contributed by atoms with Crippen LogP contribution in [0.3, 0.4) is 0 Å². The van der Waals surface area contributed by atoms with Crippen molar-refractivity contribution in [2.45, 2.75) is 76.0 Å². The van der Waals surface area contributed by atoms with Crippen molar-refractivity contribution in [1.82, 2.24) is 5.32 Å². The van der Waals surface area contributed by atoms with Crippen molar-refractivity contribution in [3.05, 3.63) is 0 Å². The summed E-state index contributed by atoms with van der Waals surface area (Å²) in [5, 5.41) is 5.10. The largest absolute Gasteiger partial charge is 0.462 e. The molecule has 0 bridgehead atoms. The Morgan fingerprint density at radius 1 is 1.22 bits per heavy atom. The Morgan fingerprint density at radius 3 is 2.89 bits per heavy atom. The van der Waals surface area contributed by atoms with E-state index in [0.717, 1.165) is 45.3 Å². The first-order chi connectivity index (χ1) is 13.0. The molecule has 27 heavy (non-hydrogen) atoms. The van der Waals surface area contributed by atoms with Gasteiger partial charge in [0.2, 0.25) is 0 Å². The van der Waals surface area contributed by atoms with Gasteiger partial charge in [-0.05, 0) is 56.3 Å². The van der Waals surface area contributed by atoms with Crippen LogP contribution in [0.1, 0.15) is 58.3 Å². The first-order valence-electron chi connectivity index (χ1n) is 11.0. The maximum Gasteiger partial charge on any atom is 0.315 e. The summed E-state index contributed by atoms with van der Waals surface area (Å²) in [5.74, 6) is 0.860. The topological polar surface area (TPSA) is 84.5 Å². The zero-order chi connectivity index (χ0) is 18.6. The number of carbonyl (C=O) groups is 2. The molecule has 150 valence electrons. The van der Waals surface area contributed by atoms with Crippen molar-refractivity contribution in [2.24, 2.45) is 23.2 Å². The quantitative estimate of drug-likeness (QED) is 0.561. The molecular formula is C21H33N2O4+. The minimum Gasteiger partial charge on any atom is -0.462 e. The van der Waals surface area contributed by atoms with Crippen molar-refractivity contribution in [3.63, 3.8) is 0 Å². The normalized spacial score (nSPS) is 49.0. The number of carbonyl (C=O) groups excluding carboxylic acids is 2. The average molecular weight is 378 g/mol. The molecule has 0 aromatic rings. The molecule has 0 radical (unpaired) electrons. The Hall–Kier alpha value is -1.14. The number of epoxide rings is 1. The second kappa shape index (κ2) is 6.45. The number of rotatable bonds is 3. The Bertz CT molecular complexity index is 634. The van der Waals surface area contributed by atoms with Gasteiger partial charge < -0.3 is 20.1 Å². The molecule has 5 rings (SSSR count). The van der Waals surface area contributed by atoms with Crippen LogP contribution in [0, 0.1) is 23.2 Å². The molecule has 6 nitrogen and oxygen atoms in total. The van der Waals surface area contributed by atoms with Gasteiger partial charge in [-0.25, -0.2) is 0 Å². The first-order valence-corrected chi connectivity index (χ1v) is 11.0. The number of nitrogens with two attached hydrogens (primary N) is 1. The number of quaternary nitrogens is 1. The third-order valence-corrected chi connectivity index (χ3v) is 8.33. The van der Waals surface area contributed by atoms with Gasteiger partial charge in [0.15, 0.2) is 6.04 Å². The van der Waals surface area contributed by atoms with E-state index in [4.69, 9.17) is 9.47 Å². The number of fused-ring (bicyclic) bond motifs is 3. The fraction of sp³-hybridized carbons (Fsp3) is 0.905. The van der Waals surface area contributed by atoms with E-state index < -0.39 is 0 Å². The van der Waals surface area contributed by atoms with E-state index in [-0.39, 0.29) is 41.0 Å². The lowest BCUT2D eigenvalue weighted by Gasteiger charge is -2.51. The van der Waals surface area contributed by atoms with E-state index in [0.29, 0.717) is 18.4 Å². The van der Waals surface area contributed by atoms with Crippen LogP contribution in [0.15, 0.2) is 0 Å². The summed E-state index contributed by atoms with van der Waals surface area (Å²) in [7, 11) is 0. The predicted octanol–water partition coefficient (Wildman–Crippen LogP) is 0.746. The second-order valence-electron chi connectivity index (χ2n) is 9.96. The maximum atomic E-state index is 12.7. The minimum atomic E-state index is -0.0756. The molecular weight excluding hydrogens is 344 g/mol. The van der Waals surface area contributed by atoms with Crippen LogP contribution in [0.25, 0.3) is 0 Å². The SMILES string of the molecule is C[C@]12CCC[C@]3(CO3)[C@@H]1C[C@H]1[C@@H](C2)OC(=O)[C@@H]1C[NH2+][C@H]1CCCCNC1=O. The summed E-state index contributed by atoms with van der Waals surface area (Å²) in [6, 6.07) is -0.0546. The molecule has 2 aliphatic carbocycles. The molecule has 0 aromatic heterocycles. The summed E-state index contributed by atoms with van der Waals surface area (Å²) < 4.78 is 11.9. The van der Waals surface area contributed by atoms with Gasteiger partial charge in [0.05, 0.1) is 18.8 Å². The van der Waals surface area contributed by atoms with Crippen LogP contribution >= 0.6 is 0 Å². The van der Waals surface area contributed by atoms with E-state index in [1.807, 2.05) is 0 Å². The van der Waals surface area contributed by atoms with Gasteiger partial charge in [-0.2, -0.15) is 0 Å². The van der Waals surface area contributed by atoms with Crippen molar-refractivity contribution in [3.8, 4) is 0 Å². The van der Waals surface area contributed by atoms with Crippen LogP contribution in [0.4, 0.5) is 0 Å². The number of hydrogen-bond acceptors (Lipinski definition) is 4. The number of amides is 1. The molecule has 5 aliphatic rings. The summed E-state index contributed by atoms with van der Waals surface area (Å²) in [6.45, 7) is 4.75. The fourth-order valence-electron chi connectivity index (χ4n) is 6.73. The molecule has 6 heteroatoms. The first kappa shape index (κ1) is 17.9. The molecule has 0 unspecified atom stereocenters. The number of nitrogens with one attached hydrogen (secondary N) is 1. The molecule has 0 aromatic carbocycles. The van der Waals surface area contributed by atoms with Crippen LogP contribution < -0.4 is 10.6 Å². The lowest BCUT2D eigenvalue weighted by molar-refractivity contribution is -0.681. The highest BCUT2D eigenvalue weighted by molar-refractivity contribution is 5.80. The highest BCUT2D eigenvalue weighted by Gasteiger charge is 2.65. The van der Waals surface area contributed by atoms with Crippen LogP contribution in [0.2, 0.25) is 0 Å². The Labute approximate surface area is 161 Å². The van der Waals surface area contributed by atoms with Crippen LogP contribution in [-0.2, 0) is 19.1 Å². The van der Waals surface area contributed by atoms with Gasteiger partial charge in [0, 0.05) is 18.9 Å². The highest BCUT2D eigenvalue weighted by Crippen LogP contribution is 2.62. The van der Waals surface area contributed by atoms with Crippen molar-refractivity contribution in [1.29, 1.82) is 0 Å². The van der Waals surface area contributed by atoms with E-state index in [1.54, 1.807) is 0 Å². The standard InChI is InChI=1S/C21H32N2O4/c1-20-6-4-7-21(12-26-21)17(20)9-13-14(19(25)27-16(13)10-20)11-23-15-5-2-3-8-22-18(15)24/h13-17,23H,2-12H2,1H3,(H,22,24)/p+1/t13-,14-,15+,16-,17-,20-,21+/m1/s1. The maximum absolute atomic E-state index is 12.7. The third kappa shape index (κ3) is 3.00. The van der Waals surface area contributed by atoms with Crippen LogP contribution in [-0.4, -0.2) is 49.3 Å². The van der Waals surface area contributed by atoms with Gasteiger partial charge >= 0.3 is 5.97 Å². The van der Waals surface area contributed by atoms with Gasteiger partial charge in [-0.3, -0.25) is 9.59 Å². The summed E-state index contributed by atoms with van der Waals surface area (Å²) in [4.78, 5) is 24.9. The lowest BCUT2D eigenvalue weighted by atomic mass is 9.53. The molecule has 2 saturated carbocycles. The van der Waals surface area contributed by atoms with Gasteiger partial charge in [0.1, 0.15) is 12.0 Å². The molecule has 1 spiro atoms. The van der Waals surface area contributed by atoms with Gasteiger partial charge in [0.25, 0.3) is 5.91 Å². The molecule has 7 atom stereocenters. The lowest BCUT2D eigenvalue weighted by Crippen LogP contribution is -2.94. The Balaban J connectivity index is 1.29. The van der Waals surface area contributed by atoms with Gasteiger partial charge in [-0.15, -0.1) is 0 Å². The molecule has 3 heterocycles. The number of hydrogen-bond donors (Lipinski definition) is 2. The third-order valence-electron chi connectivity index (χ3n) is 8.33. The van der Waals surface area contributed by atoms with Crippen LogP contribution in [0.5, 0.6) is 0 Å². The average Bonchev–Trinajstić information content (AvgIpc) is 3.36. The van der Waals surface area contributed by atoms with E-state index in [1.165, 1.54) is 19.3 Å². The number of esters is 1. The van der Waals surface area contributed by atoms with Crippen molar-refractivity contribution >= 4 is 11.9 Å². The summed E-state index contributed by atoms with van der Waals surface area (Å²) >= 11 is 0. The van der Waals surface area contributed by atoms with Gasteiger partial charge in [-0.1, -0.05) is 6.92 Å². The van der Waals surface area contributed by atoms with E-state index >= 15 is 0 Å². The molecule has 5 fully saturated rings. The van der Waals surface area contributed by atoms with E-state index in [2.05, 4.69) is 17.6 Å². The molecule has 1 amide bonds. The highest BCUT2D eigenvalue weighted by atomic mass is 16.6. The van der Waals surface area contributed by atoms with Crippen molar-refractivity contribution < 1.29 is 24.4 Å². The minimum absolute atomic E-state index is 0.0386. The smallest absolute Gasteiger partial charge is 0.315 e. The monoisotopic (exact) mass is 377 g/mol.